The molecule has 0 spiro atoms. The van der Waals surface area contributed by atoms with E-state index in [-0.39, 0.29) is 25.3 Å². The normalized spacial score (nSPS) is 20.7. The van der Waals surface area contributed by atoms with Crippen LogP contribution in [0.25, 0.3) is 0 Å². The summed E-state index contributed by atoms with van der Waals surface area (Å²) in [5.41, 5.74) is 1.23. The minimum Gasteiger partial charge on any atom is -0.463 e. The number of nitrogens with zero attached hydrogens (tertiary/aromatic N) is 3. The molecule has 13 heteroatoms. The van der Waals surface area contributed by atoms with Crippen molar-refractivity contribution in [2.75, 3.05) is 32.9 Å². The zero-order valence-electron chi connectivity index (χ0n) is 18.6. The molecule has 2 aromatic rings. The van der Waals surface area contributed by atoms with Crippen LogP contribution in [-0.4, -0.2) is 72.1 Å². The van der Waals surface area contributed by atoms with Crippen LogP contribution in [0, 0.1) is 5.82 Å². The lowest BCUT2D eigenvalue weighted by molar-refractivity contribution is -0.139. The van der Waals surface area contributed by atoms with Crippen molar-refractivity contribution in [2.24, 2.45) is 4.99 Å². The summed E-state index contributed by atoms with van der Waals surface area (Å²) in [6.45, 7) is 2.73. The van der Waals surface area contributed by atoms with Gasteiger partial charge in [-0.1, -0.05) is 22.0 Å². The molecule has 2 N–H and O–H groups in total. The maximum Gasteiger partial charge on any atom is 0.507 e. The number of benzene rings is 1. The minimum absolute atomic E-state index is 0.0503. The standard InChI is InChI=1S/C22H22BrFN4O6S/c1-2-33-21(29)17-15(10-28-6-7-32-11-16(28)34-22(30)31)26-19(20-25-5-8-35-20)27-18(17)13-4-3-12(24)9-14(13)23/h3-5,8-9,16,18H,2,6-7,10-11H2,1H3,(H,26,27)(H,30,31)/t16-,18-/m0/s1. The fourth-order valence-electron chi connectivity index (χ4n) is 3.79. The van der Waals surface area contributed by atoms with Gasteiger partial charge in [0.15, 0.2) is 17.1 Å². The molecule has 1 fully saturated rings. The number of amidine groups is 1. The van der Waals surface area contributed by atoms with Gasteiger partial charge in [0, 0.05) is 34.8 Å². The van der Waals surface area contributed by atoms with Crippen LogP contribution in [0.15, 0.2) is 50.5 Å². The highest BCUT2D eigenvalue weighted by Crippen LogP contribution is 2.37. The summed E-state index contributed by atoms with van der Waals surface area (Å²) in [5, 5.41) is 14.7. The predicted molar refractivity (Wildman–Crippen MR) is 128 cm³/mol. The third kappa shape index (κ3) is 5.86. The topological polar surface area (TPSA) is 123 Å². The van der Waals surface area contributed by atoms with Gasteiger partial charge in [-0.15, -0.1) is 11.3 Å². The number of esters is 1. The Morgan fingerprint density at radius 2 is 2.26 bits per heavy atom. The van der Waals surface area contributed by atoms with Crippen molar-refractivity contribution in [1.29, 1.82) is 0 Å². The van der Waals surface area contributed by atoms with E-state index in [0.717, 1.165) is 0 Å². The van der Waals surface area contributed by atoms with Crippen molar-refractivity contribution in [3.63, 3.8) is 0 Å². The maximum atomic E-state index is 13.9. The zero-order chi connectivity index (χ0) is 24.9. The van der Waals surface area contributed by atoms with E-state index >= 15 is 0 Å². The molecule has 0 unspecified atom stereocenters. The second-order valence-corrected chi connectivity index (χ2v) is 9.25. The Labute approximate surface area is 212 Å². The average molecular weight is 569 g/mol. The van der Waals surface area contributed by atoms with Gasteiger partial charge in [0.05, 0.1) is 25.4 Å². The molecule has 10 nitrogen and oxygen atoms in total. The van der Waals surface area contributed by atoms with Gasteiger partial charge < -0.3 is 24.6 Å². The average Bonchev–Trinajstić information content (AvgIpc) is 3.35. The number of aliphatic imine (C=N–C) groups is 1. The van der Waals surface area contributed by atoms with Gasteiger partial charge in [-0.05, 0) is 24.6 Å². The van der Waals surface area contributed by atoms with Gasteiger partial charge in [-0.3, -0.25) is 9.89 Å². The summed E-state index contributed by atoms with van der Waals surface area (Å²) in [5.74, 6) is -0.613. The summed E-state index contributed by atoms with van der Waals surface area (Å²) in [4.78, 5) is 35.2. The number of halogens is 2. The van der Waals surface area contributed by atoms with Crippen LogP contribution in [0.2, 0.25) is 0 Å². The number of carbonyl (C=O) groups excluding carboxylic acids is 1. The number of morpholine rings is 1. The van der Waals surface area contributed by atoms with Gasteiger partial charge in [0.25, 0.3) is 0 Å². The molecule has 2 aliphatic rings. The number of thiazole rings is 1. The first-order chi connectivity index (χ1) is 16.9. The second kappa shape index (κ2) is 11.2. The smallest absolute Gasteiger partial charge is 0.463 e. The molecule has 4 rings (SSSR count). The maximum absolute atomic E-state index is 13.9. The summed E-state index contributed by atoms with van der Waals surface area (Å²) >= 11 is 4.75. The first-order valence-corrected chi connectivity index (χ1v) is 12.4. The lowest BCUT2D eigenvalue weighted by Gasteiger charge is -2.36. The number of carbonyl (C=O) groups is 2. The molecule has 0 aliphatic carbocycles. The van der Waals surface area contributed by atoms with Crippen molar-refractivity contribution >= 4 is 45.2 Å². The van der Waals surface area contributed by atoms with Gasteiger partial charge in [-0.25, -0.2) is 19.0 Å². The Hall–Kier alpha value is -2.87. The van der Waals surface area contributed by atoms with E-state index in [1.165, 1.54) is 23.5 Å². The number of ether oxygens (including phenoxy) is 3. The van der Waals surface area contributed by atoms with Crippen molar-refractivity contribution in [3.8, 4) is 0 Å². The highest BCUT2D eigenvalue weighted by Gasteiger charge is 2.36. The molecule has 35 heavy (non-hydrogen) atoms. The molecule has 0 saturated carbocycles. The van der Waals surface area contributed by atoms with E-state index in [0.29, 0.717) is 39.7 Å². The third-order valence-corrected chi connectivity index (χ3v) is 6.77. The Morgan fingerprint density at radius 3 is 2.94 bits per heavy atom. The van der Waals surface area contributed by atoms with Gasteiger partial charge >= 0.3 is 12.1 Å². The van der Waals surface area contributed by atoms with Crippen LogP contribution in [0.4, 0.5) is 9.18 Å². The van der Waals surface area contributed by atoms with Crippen LogP contribution in [0.5, 0.6) is 0 Å². The molecule has 1 saturated heterocycles. The highest BCUT2D eigenvalue weighted by atomic mass is 79.9. The van der Waals surface area contributed by atoms with Crippen LogP contribution >= 0.6 is 27.3 Å². The van der Waals surface area contributed by atoms with Crippen LogP contribution < -0.4 is 5.32 Å². The largest absolute Gasteiger partial charge is 0.507 e. The first kappa shape index (κ1) is 25.2. The molecular weight excluding hydrogens is 547 g/mol. The Balaban J connectivity index is 1.81. The molecule has 0 bridgehead atoms. The van der Waals surface area contributed by atoms with Crippen molar-refractivity contribution in [3.05, 3.63) is 61.9 Å². The van der Waals surface area contributed by atoms with Crippen molar-refractivity contribution in [1.82, 2.24) is 15.2 Å². The van der Waals surface area contributed by atoms with Gasteiger partial charge in [0.1, 0.15) is 11.9 Å². The fraction of sp³-hybridized carbons (Fsp3) is 0.364. The van der Waals surface area contributed by atoms with Crippen LogP contribution in [0.1, 0.15) is 23.5 Å². The van der Waals surface area contributed by atoms with Crippen molar-refractivity contribution in [2.45, 2.75) is 19.2 Å². The summed E-state index contributed by atoms with van der Waals surface area (Å²) in [7, 11) is 0. The molecule has 2 aliphatic heterocycles. The number of hydrogen-bond acceptors (Lipinski definition) is 10. The first-order valence-electron chi connectivity index (χ1n) is 10.7. The Morgan fingerprint density at radius 1 is 1.43 bits per heavy atom. The van der Waals surface area contributed by atoms with Gasteiger partial charge in [-0.2, -0.15) is 0 Å². The number of aromatic nitrogens is 1. The SMILES string of the molecule is CCOC(=O)C1=C(CN2CCOC[C@@H]2OC(=O)O)NC(c2nccs2)=N[C@H]1c1ccc(F)cc1Br. The molecule has 0 radical (unpaired) electrons. The van der Waals surface area contributed by atoms with Crippen LogP contribution in [-0.2, 0) is 19.0 Å². The zero-order valence-corrected chi connectivity index (χ0v) is 21.0. The van der Waals surface area contributed by atoms with Crippen LogP contribution in [0.3, 0.4) is 0 Å². The number of nitrogens with one attached hydrogen (secondary N) is 1. The monoisotopic (exact) mass is 568 g/mol. The van der Waals surface area contributed by atoms with E-state index in [4.69, 9.17) is 24.3 Å². The minimum atomic E-state index is -1.43. The van der Waals surface area contributed by atoms with Crippen molar-refractivity contribution < 1.29 is 33.3 Å². The Kier molecular flexibility index (Phi) is 8.11. The quantitative estimate of drug-likeness (QED) is 0.484. The molecule has 1 aromatic carbocycles. The van der Waals surface area contributed by atoms with Gasteiger partial charge in [0.2, 0.25) is 0 Å². The second-order valence-electron chi connectivity index (χ2n) is 7.50. The van der Waals surface area contributed by atoms with E-state index in [1.54, 1.807) is 29.5 Å². The third-order valence-electron chi connectivity index (χ3n) is 5.30. The van der Waals surface area contributed by atoms with E-state index in [2.05, 4.69) is 26.2 Å². The summed E-state index contributed by atoms with van der Waals surface area (Å²) < 4.78 is 30.0. The molecule has 1 aromatic heterocycles. The number of carboxylic acid groups (broad SMARTS) is 1. The summed E-state index contributed by atoms with van der Waals surface area (Å²) in [6, 6.07) is 3.32. The van der Waals surface area contributed by atoms with E-state index < -0.39 is 30.2 Å². The predicted octanol–water partition coefficient (Wildman–Crippen LogP) is 3.31. The molecular formula is C22H22BrFN4O6S. The molecule has 2 atom stereocenters. The van der Waals surface area contributed by atoms with E-state index in [1.807, 2.05) is 0 Å². The van der Waals surface area contributed by atoms with E-state index in [9.17, 15) is 14.0 Å². The Bertz CT molecular complexity index is 1160. The number of hydrogen-bond donors (Lipinski definition) is 2. The molecule has 0 amide bonds. The number of rotatable bonds is 7. The lowest BCUT2D eigenvalue weighted by Crippen LogP contribution is -2.50. The lowest BCUT2D eigenvalue weighted by atomic mass is 9.95. The molecule has 3 heterocycles. The molecule has 186 valence electrons. The highest BCUT2D eigenvalue weighted by molar-refractivity contribution is 9.10. The summed E-state index contributed by atoms with van der Waals surface area (Å²) in [6.07, 6.45) is -0.660. The fourth-order valence-corrected chi connectivity index (χ4v) is 4.95.